The molecule has 2 aliphatic heterocycles. The second-order valence-electron chi connectivity index (χ2n) is 8.78. The smallest absolute Gasteiger partial charge is 0.264 e. The SMILES string of the molecule is Cc1ccsc1C(=O)N1CCCC[C@H]1CCOc1ccc(CN2CCN(C=O)CC2)cc1. The van der Waals surface area contributed by atoms with Crippen LogP contribution in [-0.2, 0) is 11.3 Å². The normalized spacial score (nSPS) is 19.7. The summed E-state index contributed by atoms with van der Waals surface area (Å²) in [5.41, 5.74) is 2.33. The molecule has 32 heavy (non-hydrogen) atoms. The van der Waals surface area contributed by atoms with Crippen LogP contribution in [0.1, 0.15) is 46.5 Å². The lowest BCUT2D eigenvalue weighted by molar-refractivity contribution is -0.119. The van der Waals surface area contributed by atoms with Crippen molar-refractivity contribution in [2.75, 3.05) is 39.3 Å². The van der Waals surface area contributed by atoms with Crippen molar-refractivity contribution in [2.24, 2.45) is 0 Å². The minimum atomic E-state index is 0.181. The summed E-state index contributed by atoms with van der Waals surface area (Å²) in [5.74, 6) is 1.06. The molecule has 0 spiro atoms. The van der Waals surface area contributed by atoms with Crippen LogP contribution in [0.15, 0.2) is 35.7 Å². The minimum absolute atomic E-state index is 0.181. The maximum atomic E-state index is 13.0. The van der Waals surface area contributed by atoms with Crippen LogP contribution in [0.25, 0.3) is 0 Å². The molecule has 6 nitrogen and oxygen atoms in total. The molecular formula is C25H33N3O3S. The Morgan fingerprint density at radius 2 is 1.88 bits per heavy atom. The number of thiophene rings is 1. The molecule has 1 aromatic carbocycles. The molecule has 2 aliphatic rings. The average molecular weight is 456 g/mol. The first-order chi connectivity index (χ1) is 15.6. The van der Waals surface area contributed by atoms with Crippen LogP contribution in [0.2, 0.25) is 0 Å². The molecule has 0 bridgehead atoms. The van der Waals surface area contributed by atoms with Crippen molar-refractivity contribution >= 4 is 23.7 Å². The van der Waals surface area contributed by atoms with Gasteiger partial charge >= 0.3 is 0 Å². The maximum Gasteiger partial charge on any atom is 0.264 e. The molecule has 0 unspecified atom stereocenters. The van der Waals surface area contributed by atoms with Gasteiger partial charge in [-0.1, -0.05) is 12.1 Å². The number of carbonyl (C=O) groups excluding carboxylic acids is 2. The number of piperazine rings is 1. The molecule has 3 heterocycles. The zero-order valence-electron chi connectivity index (χ0n) is 18.9. The van der Waals surface area contributed by atoms with Crippen LogP contribution in [0.3, 0.4) is 0 Å². The van der Waals surface area contributed by atoms with Crippen LogP contribution < -0.4 is 4.74 Å². The second kappa shape index (κ2) is 11.0. The van der Waals surface area contributed by atoms with Gasteiger partial charge in [-0.15, -0.1) is 11.3 Å². The third kappa shape index (κ3) is 5.70. The van der Waals surface area contributed by atoms with E-state index in [-0.39, 0.29) is 11.9 Å². The van der Waals surface area contributed by atoms with Gasteiger partial charge in [-0.25, -0.2) is 0 Å². The summed E-state index contributed by atoms with van der Waals surface area (Å²) in [6.07, 6.45) is 5.11. The van der Waals surface area contributed by atoms with E-state index >= 15 is 0 Å². The number of benzene rings is 1. The standard InChI is InChI=1S/C25H33N3O3S/c1-20-10-17-32-24(20)25(30)28-11-3-2-4-22(28)9-16-31-23-7-5-21(6-8-23)18-26-12-14-27(19-29)15-13-26/h5-8,10,17,19,22H,2-4,9,11-16,18H2,1H3/t22-/m0/s1. The van der Waals surface area contributed by atoms with Crippen molar-refractivity contribution in [1.82, 2.24) is 14.7 Å². The Morgan fingerprint density at radius 1 is 1.09 bits per heavy atom. The van der Waals surface area contributed by atoms with E-state index in [4.69, 9.17) is 4.74 Å². The summed E-state index contributed by atoms with van der Waals surface area (Å²) in [6.45, 7) is 7.81. The fraction of sp³-hybridized carbons (Fsp3) is 0.520. The Balaban J connectivity index is 1.25. The van der Waals surface area contributed by atoms with Gasteiger partial charge in [-0.3, -0.25) is 14.5 Å². The molecule has 2 amide bonds. The monoisotopic (exact) mass is 455 g/mol. The molecule has 0 aliphatic carbocycles. The lowest BCUT2D eigenvalue weighted by atomic mass is 9.99. The van der Waals surface area contributed by atoms with E-state index in [2.05, 4.69) is 21.9 Å². The van der Waals surface area contributed by atoms with Gasteiger partial charge in [0.15, 0.2) is 0 Å². The largest absolute Gasteiger partial charge is 0.494 e. The number of hydrogen-bond acceptors (Lipinski definition) is 5. The summed E-state index contributed by atoms with van der Waals surface area (Å²) >= 11 is 1.55. The minimum Gasteiger partial charge on any atom is -0.494 e. The van der Waals surface area contributed by atoms with E-state index in [9.17, 15) is 9.59 Å². The highest BCUT2D eigenvalue weighted by Gasteiger charge is 2.28. The van der Waals surface area contributed by atoms with Crippen LogP contribution in [0, 0.1) is 6.92 Å². The molecular weight excluding hydrogens is 422 g/mol. The number of hydrogen-bond donors (Lipinski definition) is 0. The molecule has 0 radical (unpaired) electrons. The number of aryl methyl sites for hydroxylation is 1. The number of nitrogens with zero attached hydrogens (tertiary/aromatic N) is 3. The Labute approximate surface area is 194 Å². The van der Waals surface area contributed by atoms with Crippen molar-refractivity contribution in [3.63, 3.8) is 0 Å². The van der Waals surface area contributed by atoms with Gasteiger partial charge in [0.05, 0.1) is 11.5 Å². The van der Waals surface area contributed by atoms with E-state index < -0.39 is 0 Å². The first-order valence-corrected chi connectivity index (χ1v) is 12.5. The van der Waals surface area contributed by atoms with Crippen LogP contribution in [0.4, 0.5) is 0 Å². The highest BCUT2D eigenvalue weighted by molar-refractivity contribution is 7.12. The molecule has 2 saturated heterocycles. The zero-order valence-corrected chi connectivity index (χ0v) is 19.7. The van der Waals surface area contributed by atoms with Gasteiger partial charge in [0.25, 0.3) is 5.91 Å². The first kappa shape index (κ1) is 22.8. The third-order valence-corrected chi connectivity index (χ3v) is 7.55. The number of amides is 2. The molecule has 4 rings (SSSR count). The average Bonchev–Trinajstić information content (AvgIpc) is 3.26. The van der Waals surface area contributed by atoms with Crippen LogP contribution in [-0.4, -0.2) is 72.4 Å². The summed E-state index contributed by atoms with van der Waals surface area (Å²) in [5, 5.41) is 2.00. The molecule has 0 N–H and O–H groups in total. The lowest BCUT2D eigenvalue weighted by Crippen LogP contribution is -2.45. The number of carbonyl (C=O) groups is 2. The number of piperidine rings is 1. The molecule has 1 aromatic heterocycles. The molecule has 2 aromatic rings. The fourth-order valence-corrected chi connectivity index (χ4v) is 5.46. The Hall–Kier alpha value is -2.38. The van der Waals surface area contributed by atoms with Gasteiger partial charge in [-0.2, -0.15) is 0 Å². The number of rotatable bonds is 8. The summed E-state index contributed by atoms with van der Waals surface area (Å²) < 4.78 is 6.03. The van der Waals surface area contributed by atoms with Crippen LogP contribution in [0.5, 0.6) is 5.75 Å². The summed E-state index contributed by atoms with van der Waals surface area (Å²) in [6, 6.07) is 10.6. The van der Waals surface area contributed by atoms with E-state index in [0.29, 0.717) is 6.61 Å². The number of ether oxygens (including phenoxy) is 1. The predicted molar refractivity (Wildman–Crippen MR) is 127 cm³/mol. The molecule has 0 saturated carbocycles. The van der Waals surface area contributed by atoms with Crippen molar-refractivity contribution in [3.8, 4) is 5.75 Å². The molecule has 172 valence electrons. The molecule has 2 fully saturated rings. The van der Waals surface area contributed by atoms with Crippen molar-refractivity contribution in [2.45, 2.75) is 45.2 Å². The van der Waals surface area contributed by atoms with Gasteiger partial charge in [0.2, 0.25) is 6.41 Å². The molecule has 7 heteroatoms. The van der Waals surface area contributed by atoms with Gasteiger partial charge in [-0.05, 0) is 60.9 Å². The lowest BCUT2D eigenvalue weighted by Gasteiger charge is -2.35. The topological polar surface area (TPSA) is 53.1 Å². The fourth-order valence-electron chi connectivity index (χ4n) is 4.58. The number of likely N-dealkylation sites (tertiary alicyclic amines) is 1. The maximum absolute atomic E-state index is 13.0. The Kier molecular flexibility index (Phi) is 7.81. The van der Waals surface area contributed by atoms with E-state index in [1.807, 2.05) is 35.4 Å². The van der Waals surface area contributed by atoms with Crippen molar-refractivity contribution < 1.29 is 14.3 Å². The van der Waals surface area contributed by atoms with E-state index in [1.54, 1.807) is 11.3 Å². The van der Waals surface area contributed by atoms with Gasteiger partial charge in [0, 0.05) is 51.7 Å². The first-order valence-electron chi connectivity index (χ1n) is 11.6. The van der Waals surface area contributed by atoms with Crippen molar-refractivity contribution in [1.29, 1.82) is 0 Å². The van der Waals surface area contributed by atoms with Crippen molar-refractivity contribution in [3.05, 3.63) is 51.7 Å². The zero-order chi connectivity index (χ0) is 22.3. The quantitative estimate of drug-likeness (QED) is 0.569. The highest BCUT2D eigenvalue weighted by atomic mass is 32.1. The van der Waals surface area contributed by atoms with Gasteiger partial charge in [0.1, 0.15) is 5.75 Å². The van der Waals surface area contributed by atoms with Crippen LogP contribution >= 0.6 is 11.3 Å². The second-order valence-corrected chi connectivity index (χ2v) is 9.70. The Bertz CT molecular complexity index is 890. The summed E-state index contributed by atoms with van der Waals surface area (Å²) in [7, 11) is 0. The molecule has 1 atom stereocenters. The van der Waals surface area contributed by atoms with Gasteiger partial charge < -0.3 is 14.5 Å². The van der Waals surface area contributed by atoms with E-state index in [1.165, 1.54) is 12.0 Å². The third-order valence-electron chi connectivity index (χ3n) is 6.55. The highest BCUT2D eigenvalue weighted by Crippen LogP contribution is 2.26. The predicted octanol–water partition coefficient (Wildman–Crippen LogP) is 3.79. The van der Waals surface area contributed by atoms with E-state index in [0.717, 1.165) is 81.1 Å². The Morgan fingerprint density at radius 3 is 2.56 bits per heavy atom. The summed E-state index contributed by atoms with van der Waals surface area (Å²) in [4.78, 5) is 31.0.